The second-order valence-electron chi connectivity index (χ2n) is 6.99. The normalized spacial score (nSPS) is 15.2. The molecule has 2 aromatic carbocycles. The van der Waals surface area contributed by atoms with Gasteiger partial charge in [0.15, 0.2) is 5.11 Å². The van der Waals surface area contributed by atoms with E-state index in [1.54, 1.807) is 16.8 Å². The Morgan fingerprint density at radius 2 is 1.75 bits per heavy atom. The fourth-order valence-corrected chi connectivity index (χ4v) is 4.52. The Morgan fingerprint density at radius 1 is 1.09 bits per heavy atom. The maximum absolute atomic E-state index is 13.1. The van der Waals surface area contributed by atoms with E-state index in [0.717, 1.165) is 15.5 Å². The van der Waals surface area contributed by atoms with Crippen molar-refractivity contribution in [2.45, 2.75) is 9.92 Å². The number of aromatic nitrogens is 2. The summed E-state index contributed by atoms with van der Waals surface area (Å²) in [5.41, 5.74) is 2.26. The molecule has 1 aliphatic heterocycles. The molecule has 6 nitrogen and oxygen atoms in total. The van der Waals surface area contributed by atoms with Crippen LogP contribution < -0.4 is 5.32 Å². The minimum absolute atomic E-state index is 0.000503. The Bertz CT molecular complexity index is 1230. The third-order valence-electron chi connectivity index (χ3n) is 4.82. The van der Waals surface area contributed by atoms with E-state index < -0.39 is 11.8 Å². The average Bonchev–Trinajstić information content (AvgIpc) is 3.10. The number of rotatable bonds is 6. The Labute approximate surface area is 195 Å². The van der Waals surface area contributed by atoms with Crippen molar-refractivity contribution >= 4 is 47.0 Å². The SMILES string of the molecule is C=CCN1C(=O)/C(=C/c2c(-c3ccccc3)nn(C)c2Sc2ccccc2)C(=O)NC1=S. The van der Waals surface area contributed by atoms with Crippen LogP contribution in [0.3, 0.4) is 0 Å². The third kappa shape index (κ3) is 4.28. The molecule has 1 aromatic heterocycles. The Kier molecular flexibility index (Phi) is 6.34. The van der Waals surface area contributed by atoms with Gasteiger partial charge < -0.3 is 0 Å². The average molecular weight is 461 g/mol. The van der Waals surface area contributed by atoms with Gasteiger partial charge in [-0.25, -0.2) is 0 Å². The minimum Gasteiger partial charge on any atom is -0.298 e. The third-order valence-corrected chi connectivity index (χ3v) is 6.33. The minimum atomic E-state index is -0.529. The van der Waals surface area contributed by atoms with Gasteiger partial charge in [0.05, 0.1) is 0 Å². The summed E-state index contributed by atoms with van der Waals surface area (Å²) in [5.74, 6) is -0.990. The first-order valence-electron chi connectivity index (χ1n) is 9.84. The first-order chi connectivity index (χ1) is 15.5. The molecule has 0 atom stereocenters. The lowest BCUT2D eigenvalue weighted by Gasteiger charge is -2.27. The lowest BCUT2D eigenvalue weighted by Crippen LogP contribution is -2.53. The van der Waals surface area contributed by atoms with E-state index in [-0.39, 0.29) is 17.2 Å². The summed E-state index contributed by atoms with van der Waals surface area (Å²) in [6.45, 7) is 3.88. The van der Waals surface area contributed by atoms with Crippen LogP contribution in [0, 0.1) is 0 Å². The number of carbonyl (C=O) groups excluding carboxylic acids is 2. The first-order valence-corrected chi connectivity index (χ1v) is 11.1. The van der Waals surface area contributed by atoms with Crippen molar-refractivity contribution in [3.8, 4) is 11.3 Å². The quantitative estimate of drug-likeness (QED) is 0.260. The molecule has 0 saturated carbocycles. The van der Waals surface area contributed by atoms with Gasteiger partial charge in [0.2, 0.25) is 0 Å². The van der Waals surface area contributed by atoms with Crippen molar-refractivity contribution in [1.82, 2.24) is 20.0 Å². The highest BCUT2D eigenvalue weighted by Gasteiger charge is 2.33. The van der Waals surface area contributed by atoms with Gasteiger partial charge in [0, 0.05) is 29.6 Å². The molecule has 0 radical (unpaired) electrons. The van der Waals surface area contributed by atoms with Gasteiger partial charge in [0.1, 0.15) is 16.3 Å². The molecule has 0 spiro atoms. The van der Waals surface area contributed by atoms with Crippen molar-refractivity contribution in [3.05, 3.63) is 84.5 Å². The number of hydrogen-bond acceptors (Lipinski definition) is 5. The standard InChI is InChI=1S/C24H20N4O2S2/c1-3-14-28-22(30)19(21(29)25-24(28)31)15-18-20(16-10-6-4-7-11-16)26-27(2)23(18)32-17-12-8-5-9-13-17/h3-13,15H,1,14H2,2H3,(H,25,29,31)/b19-15+. The van der Waals surface area contributed by atoms with E-state index >= 15 is 0 Å². The highest BCUT2D eigenvalue weighted by molar-refractivity contribution is 7.99. The second kappa shape index (κ2) is 9.33. The van der Waals surface area contributed by atoms with Crippen LogP contribution in [0.15, 0.2) is 88.8 Å². The summed E-state index contributed by atoms with van der Waals surface area (Å²) in [6.07, 6.45) is 3.17. The Balaban J connectivity index is 1.87. The number of thiocarbonyl (C=S) groups is 1. The predicted molar refractivity (Wildman–Crippen MR) is 130 cm³/mol. The highest BCUT2D eigenvalue weighted by Crippen LogP contribution is 2.37. The van der Waals surface area contributed by atoms with E-state index in [4.69, 9.17) is 17.3 Å². The van der Waals surface area contributed by atoms with Crippen LogP contribution in [0.1, 0.15) is 5.56 Å². The molecule has 3 aromatic rings. The smallest absolute Gasteiger partial charge is 0.265 e. The molecule has 32 heavy (non-hydrogen) atoms. The molecular weight excluding hydrogens is 440 g/mol. The summed E-state index contributed by atoms with van der Waals surface area (Å²) in [7, 11) is 1.85. The monoisotopic (exact) mass is 460 g/mol. The van der Waals surface area contributed by atoms with Gasteiger partial charge in [-0.15, -0.1) is 6.58 Å². The van der Waals surface area contributed by atoms with Gasteiger partial charge in [-0.2, -0.15) is 5.10 Å². The van der Waals surface area contributed by atoms with Crippen LogP contribution in [-0.4, -0.2) is 38.2 Å². The molecule has 1 fully saturated rings. The van der Waals surface area contributed by atoms with Gasteiger partial charge >= 0.3 is 0 Å². The van der Waals surface area contributed by atoms with Crippen LogP contribution in [0.5, 0.6) is 0 Å². The molecule has 160 valence electrons. The van der Waals surface area contributed by atoms with E-state index in [0.29, 0.717) is 11.3 Å². The summed E-state index contributed by atoms with van der Waals surface area (Å²) >= 11 is 6.68. The van der Waals surface area contributed by atoms with E-state index in [2.05, 4.69) is 11.9 Å². The number of benzene rings is 2. The van der Waals surface area contributed by atoms with Gasteiger partial charge in [-0.1, -0.05) is 66.4 Å². The molecule has 0 unspecified atom stereocenters. The van der Waals surface area contributed by atoms with Gasteiger partial charge in [-0.3, -0.25) is 24.5 Å². The van der Waals surface area contributed by atoms with Crippen LogP contribution >= 0.6 is 24.0 Å². The summed E-state index contributed by atoms with van der Waals surface area (Å²) < 4.78 is 1.77. The van der Waals surface area contributed by atoms with E-state index in [1.807, 2.05) is 67.7 Å². The summed E-state index contributed by atoms with van der Waals surface area (Å²) in [5, 5.41) is 8.20. The zero-order chi connectivity index (χ0) is 22.7. The molecule has 1 N–H and O–H groups in total. The molecule has 4 rings (SSSR count). The fraction of sp³-hybridized carbons (Fsp3) is 0.0833. The molecule has 2 amide bonds. The topological polar surface area (TPSA) is 67.2 Å². The second-order valence-corrected chi connectivity index (χ2v) is 8.44. The zero-order valence-corrected chi connectivity index (χ0v) is 19.0. The lowest BCUT2D eigenvalue weighted by molar-refractivity contribution is -0.128. The predicted octanol–water partition coefficient (Wildman–Crippen LogP) is 4.05. The first kappa shape index (κ1) is 21.7. The lowest BCUT2D eigenvalue weighted by atomic mass is 10.0. The van der Waals surface area contributed by atoms with Crippen molar-refractivity contribution < 1.29 is 9.59 Å². The molecule has 1 aliphatic rings. The van der Waals surface area contributed by atoms with Crippen molar-refractivity contribution in [2.24, 2.45) is 7.05 Å². The van der Waals surface area contributed by atoms with Crippen molar-refractivity contribution in [2.75, 3.05) is 6.54 Å². The van der Waals surface area contributed by atoms with Crippen LogP contribution in [0.2, 0.25) is 0 Å². The van der Waals surface area contributed by atoms with Crippen LogP contribution in [-0.2, 0) is 16.6 Å². The number of carbonyl (C=O) groups is 2. The van der Waals surface area contributed by atoms with Crippen molar-refractivity contribution in [3.63, 3.8) is 0 Å². The largest absolute Gasteiger partial charge is 0.298 e. The number of nitrogens with zero attached hydrogens (tertiary/aromatic N) is 3. The molecular formula is C24H20N4O2S2. The highest BCUT2D eigenvalue weighted by atomic mass is 32.2. The molecule has 2 heterocycles. The Hall–Kier alpha value is -3.49. The number of amides is 2. The summed E-state index contributed by atoms with van der Waals surface area (Å²) in [6, 6.07) is 19.5. The van der Waals surface area contributed by atoms with E-state index in [1.165, 1.54) is 16.7 Å². The maximum Gasteiger partial charge on any atom is 0.265 e. The number of hydrogen-bond donors (Lipinski definition) is 1. The maximum atomic E-state index is 13.1. The zero-order valence-electron chi connectivity index (χ0n) is 17.3. The van der Waals surface area contributed by atoms with Gasteiger partial charge in [0.25, 0.3) is 11.8 Å². The molecule has 1 saturated heterocycles. The number of aryl methyl sites for hydroxylation is 1. The van der Waals surface area contributed by atoms with Crippen LogP contribution in [0.25, 0.3) is 17.3 Å². The Morgan fingerprint density at radius 3 is 2.41 bits per heavy atom. The molecule has 0 bridgehead atoms. The van der Waals surface area contributed by atoms with Crippen LogP contribution in [0.4, 0.5) is 0 Å². The van der Waals surface area contributed by atoms with Crippen molar-refractivity contribution in [1.29, 1.82) is 0 Å². The molecule has 0 aliphatic carbocycles. The fourth-order valence-electron chi connectivity index (χ4n) is 3.32. The summed E-state index contributed by atoms with van der Waals surface area (Å²) in [4.78, 5) is 28.1. The number of nitrogens with one attached hydrogen (secondary N) is 1. The molecule has 8 heteroatoms. The van der Waals surface area contributed by atoms with Gasteiger partial charge in [-0.05, 0) is 30.4 Å². The van der Waals surface area contributed by atoms with E-state index in [9.17, 15) is 9.59 Å².